The minimum Gasteiger partial charge on any atom is -0.394 e. The summed E-state index contributed by atoms with van der Waals surface area (Å²) in [6.07, 6.45) is 67.2. The number of hydrogen-bond acceptors (Lipinski definition) is 3. The molecule has 1 amide bonds. The van der Waals surface area contributed by atoms with E-state index in [1.165, 1.54) is 283 Å². The van der Waals surface area contributed by atoms with Gasteiger partial charge in [-0.2, -0.15) is 0 Å². The summed E-state index contributed by atoms with van der Waals surface area (Å²) in [7, 11) is 0. The summed E-state index contributed by atoms with van der Waals surface area (Å²) in [5, 5.41) is 23.0. The molecule has 0 saturated heterocycles. The van der Waals surface area contributed by atoms with E-state index < -0.39 is 12.1 Å². The van der Waals surface area contributed by atoms with E-state index in [4.69, 9.17) is 0 Å². The Kier molecular flexibility index (Phi) is 52.2. The average Bonchev–Trinajstić information content (AvgIpc) is 3.25. The van der Waals surface area contributed by atoms with Crippen molar-refractivity contribution in [1.29, 1.82) is 0 Å². The Bertz CT molecular complexity index is 788. The van der Waals surface area contributed by atoms with Gasteiger partial charge in [0, 0.05) is 6.42 Å². The van der Waals surface area contributed by atoms with Crippen molar-refractivity contribution < 1.29 is 15.0 Å². The van der Waals surface area contributed by atoms with Crippen molar-refractivity contribution in [2.24, 2.45) is 0 Å². The lowest BCUT2D eigenvalue weighted by atomic mass is 10.0. The number of amides is 1. The molecule has 3 N–H and O–H groups in total. The van der Waals surface area contributed by atoms with Crippen molar-refractivity contribution in [2.45, 2.75) is 347 Å². The number of carbonyl (C=O) groups excluding carboxylic acids is 1. The first-order chi connectivity index (χ1) is 29.7. The zero-order valence-electron chi connectivity index (χ0n) is 41.5. The standard InChI is InChI=1S/C56H113NO3/c1-3-5-7-9-11-12-13-14-15-16-17-18-19-20-21-22-23-24-25-26-27-28-29-30-31-32-33-34-35-36-37-38-39-40-41-42-43-44-46-48-50-52-56(60)57-54(53-58)55(59)51-49-47-45-10-8-6-4-2/h54-55,58-59H,3-53H2,1-2H3,(H,57,60). The zero-order valence-corrected chi connectivity index (χ0v) is 41.5. The van der Waals surface area contributed by atoms with Gasteiger partial charge in [-0.25, -0.2) is 0 Å². The smallest absolute Gasteiger partial charge is 0.220 e. The minimum absolute atomic E-state index is 0.0283. The van der Waals surface area contributed by atoms with E-state index in [2.05, 4.69) is 19.2 Å². The van der Waals surface area contributed by atoms with Crippen molar-refractivity contribution in [3.63, 3.8) is 0 Å². The second-order valence-electron chi connectivity index (χ2n) is 19.7. The first kappa shape index (κ1) is 59.4. The van der Waals surface area contributed by atoms with Gasteiger partial charge >= 0.3 is 0 Å². The monoisotopic (exact) mass is 848 g/mol. The van der Waals surface area contributed by atoms with Gasteiger partial charge < -0.3 is 15.5 Å². The van der Waals surface area contributed by atoms with Crippen molar-refractivity contribution in [2.75, 3.05) is 6.61 Å². The van der Waals surface area contributed by atoms with E-state index in [9.17, 15) is 15.0 Å². The SMILES string of the molecule is CCCCCCCCCCCCCCCCCCCCCCCCCCCCCCCCCCCCCCCCCCCC(=O)NC(CO)C(O)CCCCCCCCC. The lowest BCUT2D eigenvalue weighted by molar-refractivity contribution is -0.123. The summed E-state index contributed by atoms with van der Waals surface area (Å²) in [6, 6.07) is -0.528. The minimum atomic E-state index is -0.651. The zero-order chi connectivity index (χ0) is 43.5. The molecular weight excluding hydrogens is 735 g/mol. The molecule has 0 aliphatic carbocycles. The third kappa shape index (κ3) is 48.4. The average molecular weight is 849 g/mol. The van der Waals surface area contributed by atoms with Crippen molar-refractivity contribution >= 4 is 5.91 Å². The fraction of sp³-hybridized carbons (Fsp3) is 0.982. The quantitative estimate of drug-likeness (QED) is 0.0534. The van der Waals surface area contributed by atoms with Crippen LogP contribution in [-0.2, 0) is 4.79 Å². The van der Waals surface area contributed by atoms with E-state index in [1.54, 1.807) is 0 Å². The molecule has 0 aromatic heterocycles. The predicted octanol–water partition coefficient (Wildman–Crippen LogP) is 18.4. The number of carbonyl (C=O) groups is 1. The Morgan fingerprint density at radius 2 is 0.533 bits per heavy atom. The van der Waals surface area contributed by atoms with Crippen LogP contribution in [0.4, 0.5) is 0 Å². The van der Waals surface area contributed by atoms with Crippen LogP contribution >= 0.6 is 0 Å². The van der Waals surface area contributed by atoms with E-state index in [0.29, 0.717) is 12.8 Å². The van der Waals surface area contributed by atoms with E-state index >= 15 is 0 Å². The molecule has 4 nitrogen and oxygen atoms in total. The van der Waals surface area contributed by atoms with Crippen molar-refractivity contribution in [3.8, 4) is 0 Å². The van der Waals surface area contributed by atoms with Crippen LogP contribution in [0.5, 0.6) is 0 Å². The first-order valence-electron chi connectivity index (χ1n) is 28.2. The second kappa shape index (κ2) is 52.7. The Morgan fingerprint density at radius 1 is 0.333 bits per heavy atom. The third-order valence-electron chi connectivity index (χ3n) is 13.6. The van der Waals surface area contributed by atoms with E-state index in [-0.39, 0.29) is 12.5 Å². The predicted molar refractivity (Wildman–Crippen MR) is 267 cm³/mol. The summed E-state index contributed by atoms with van der Waals surface area (Å²) >= 11 is 0. The van der Waals surface area contributed by atoms with Gasteiger partial charge in [-0.05, 0) is 12.8 Å². The molecule has 0 aromatic carbocycles. The highest BCUT2D eigenvalue weighted by Gasteiger charge is 2.20. The van der Waals surface area contributed by atoms with Gasteiger partial charge in [-0.15, -0.1) is 0 Å². The normalized spacial score (nSPS) is 12.7. The first-order valence-corrected chi connectivity index (χ1v) is 28.2. The molecule has 2 atom stereocenters. The fourth-order valence-electron chi connectivity index (χ4n) is 9.31. The number of nitrogens with one attached hydrogen (secondary N) is 1. The van der Waals surface area contributed by atoms with Crippen LogP contribution in [0, 0.1) is 0 Å². The lowest BCUT2D eigenvalue weighted by Gasteiger charge is -2.22. The summed E-state index contributed by atoms with van der Waals surface area (Å²) < 4.78 is 0. The van der Waals surface area contributed by atoms with Crippen LogP contribution in [0.1, 0.15) is 335 Å². The highest BCUT2D eigenvalue weighted by Crippen LogP contribution is 2.18. The molecule has 360 valence electrons. The fourth-order valence-corrected chi connectivity index (χ4v) is 9.31. The van der Waals surface area contributed by atoms with Crippen LogP contribution in [0.15, 0.2) is 0 Å². The van der Waals surface area contributed by atoms with Gasteiger partial charge in [-0.1, -0.05) is 316 Å². The van der Waals surface area contributed by atoms with Gasteiger partial charge in [0.25, 0.3) is 0 Å². The maximum absolute atomic E-state index is 12.4. The molecular formula is C56H113NO3. The molecule has 0 radical (unpaired) electrons. The second-order valence-corrected chi connectivity index (χ2v) is 19.7. The summed E-state index contributed by atoms with van der Waals surface area (Å²) in [5.74, 6) is -0.0283. The number of aliphatic hydroxyl groups is 2. The van der Waals surface area contributed by atoms with E-state index in [0.717, 1.165) is 25.7 Å². The number of rotatable bonds is 53. The molecule has 0 aliphatic rings. The highest BCUT2D eigenvalue weighted by molar-refractivity contribution is 5.76. The largest absolute Gasteiger partial charge is 0.394 e. The number of unbranched alkanes of at least 4 members (excludes halogenated alkanes) is 46. The van der Waals surface area contributed by atoms with Crippen LogP contribution in [0.2, 0.25) is 0 Å². The molecule has 4 heteroatoms. The molecule has 0 rings (SSSR count). The van der Waals surface area contributed by atoms with Gasteiger partial charge in [-0.3, -0.25) is 4.79 Å². The molecule has 0 aromatic rings. The summed E-state index contributed by atoms with van der Waals surface area (Å²) in [6.45, 7) is 4.35. The molecule has 0 aliphatic heterocycles. The van der Waals surface area contributed by atoms with Crippen LogP contribution in [-0.4, -0.2) is 34.9 Å². The summed E-state index contributed by atoms with van der Waals surface area (Å²) in [4.78, 5) is 12.4. The maximum atomic E-state index is 12.4. The Labute approximate surface area is 378 Å². The number of aliphatic hydroxyl groups excluding tert-OH is 2. The third-order valence-corrected chi connectivity index (χ3v) is 13.6. The highest BCUT2D eigenvalue weighted by atomic mass is 16.3. The molecule has 0 heterocycles. The maximum Gasteiger partial charge on any atom is 0.220 e. The molecule has 0 fully saturated rings. The van der Waals surface area contributed by atoms with E-state index in [1.807, 2.05) is 0 Å². The van der Waals surface area contributed by atoms with Gasteiger partial charge in [0.1, 0.15) is 0 Å². The Hall–Kier alpha value is -0.610. The molecule has 0 spiro atoms. The molecule has 2 unspecified atom stereocenters. The topological polar surface area (TPSA) is 69.6 Å². The molecule has 0 bridgehead atoms. The van der Waals surface area contributed by atoms with Crippen molar-refractivity contribution in [1.82, 2.24) is 5.32 Å². The molecule has 0 saturated carbocycles. The van der Waals surface area contributed by atoms with Crippen molar-refractivity contribution in [3.05, 3.63) is 0 Å². The molecule has 60 heavy (non-hydrogen) atoms. The van der Waals surface area contributed by atoms with Crippen LogP contribution in [0.3, 0.4) is 0 Å². The Balaban J connectivity index is 3.24. The number of hydrogen-bond donors (Lipinski definition) is 3. The van der Waals surface area contributed by atoms with Gasteiger partial charge in [0.2, 0.25) is 5.91 Å². The van der Waals surface area contributed by atoms with Crippen LogP contribution < -0.4 is 5.32 Å². The Morgan fingerprint density at radius 3 is 0.750 bits per heavy atom. The van der Waals surface area contributed by atoms with Gasteiger partial charge in [0.15, 0.2) is 0 Å². The van der Waals surface area contributed by atoms with Gasteiger partial charge in [0.05, 0.1) is 18.8 Å². The lowest BCUT2D eigenvalue weighted by Crippen LogP contribution is -2.45. The van der Waals surface area contributed by atoms with Crippen LogP contribution in [0.25, 0.3) is 0 Å². The summed E-state index contributed by atoms with van der Waals surface area (Å²) in [5.41, 5.74) is 0.